The Balaban J connectivity index is 1.34. The van der Waals surface area contributed by atoms with Crippen LogP contribution in [0.4, 0.5) is 5.82 Å². The Hall–Kier alpha value is -3.46. The zero-order valence-electron chi connectivity index (χ0n) is 17.3. The molecular weight excluding hydrogens is 410 g/mol. The van der Waals surface area contributed by atoms with Crippen LogP contribution in [0.5, 0.6) is 0 Å². The number of carbonyl (C=O) groups excluding carboxylic acids is 1. The second kappa shape index (κ2) is 9.13. The number of nitrogens with zero attached hydrogens (tertiary/aromatic N) is 4. The highest BCUT2D eigenvalue weighted by Crippen LogP contribution is 2.22. The maximum Gasteiger partial charge on any atom is 0.255 e. The van der Waals surface area contributed by atoms with Crippen molar-refractivity contribution in [2.24, 2.45) is 7.05 Å². The highest BCUT2D eigenvalue weighted by atomic mass is 32.1. The van der Waals surface area contributed by atoms with Crippen molar-refractivity contribution >= 4 is 29.1 Å². The van der Waals surface area contributed by atoms with Crippen molar-refractivity contribution in [3.63, 3.8) is 0 Å². The van der Waals surface area contributed by atoms with Crippen molar-refractivity contribution in [1.29, 1.82) is 0 Å². The minimum Gasteiger partial charge on any atom is -0.383 e. The van der Waals surface area contributed by atoms with Crippen molar-refractivity contribution < 1.29 is 4.79 Å². The van der Waals surface area contributed by atoms with Gasteiger partial charge in [0.15, 0.2) is 5.11 Å². The predicted octanol–water partition coefficient (Wildman–Crippen LogP) is 1.94. The fourth-order valence-corrected chi connectivity index (χ4v) is 3.83. The van der Waals surface area contributed by atoms with Gasteiger partial charge in [-0.2, -0.15) is 5.10 Å². The molecule has 0 aliphatic carbocycles. The lowest BCUT2D eigenvalue weighted by Crippen LogP contribution is -2.42. The average Bonchev–Trinajstić information content (AvgIpc) is 3.42. The third-order valence-corrected chi connectivity index (χ3v) is 5.70. The van der Waals surface area contributed by atoms with E-state index >= 15 is 0 Å². The number of hydrogen-bond donors (Lipinski definition) is 3. The summed E-state index contributed by atoms with van der Waals surface area (Å²) >= 11 is 5.53. The van der Waals surface area contributed by atoms with E-state index in [-0.39, 0.29) is 17.8 Å². The van der Waals surface area contributed by atoms with Crippen LogP contribution in [-0.2, 0) is 13.6 Å². The number of nitrogens with one attached hydrogen (secondary N) is 2. The zero-order valence-corrected chi connectivity index (χ0v) is 18.1. The van der Waals surface area contributed by atoms with Crippen molar-refractivity contribution in [2.75, 3.05) is 18.8 Å². The Morgan fingerprint density at radius 1 is 1.26 bits per heavy atom. The topological polar surface area (TPSA) is 101 Å². The van der Waals surface area contributed by atoms with E-state index in [1.807, 2.05) is 31.4 Å². The standard InChI is InChI=1S/C22H25N7OS/c1-28-13-17(12-26-28)16-9-19(20(23)24-11-16)21(30)27-18-7-8-29(14-18)22(31)25-10-15-5-3-2-4-6-15/h2-6,9,11-13,18H,7-8,10,14H2,1H3,(H2,23,24)(H,25,31)(H,27,30)/t18-/m1/s1. The Labute approximate surface area is 186 Å². The maximum absolute atomic E-state index is 12.9. The average molecular weight is 436 g/mol. The highest BCUT2D eigenvalue weighted by molar-refractivity contribution is 7.80. The number of thiocarbonyl (C=S) groups is 1. The van der Waals surface area contributed by atoms with Crippen LogP contribution in [-0.4, -0.2) is 49.8 Å². The summed E-state index contributed by atoms with van der Waals surface area (Å²) in [6.45, 7) is 2.12. The lowest BCUT2D eigenvalue weighted by molar-refractivity contribution is 0.0939. The van der Waals surface area contributed by atoms with Crippen LogP contribution >= 0.6 is 12.2 Å². The van der Waals surface area contributed by atoms with Gasteiger partial charge >= 0.3 is 0 Å². The van der Waals surface area contributed by atoms with E-state index in [1.165, 1.54) is 5.56 Å². The summed E-state index contributed by atoms with van der Waals surface area (Å²) in [5.74, 6) is -0.0224. The molecule has 3 aromatic rings. The molecule has 8 nitrogen and oxygen atoms in total. The number of aryl methyl sites for hydroxylation is 1. The number of aromatic nitrogens is 3. The molecule has 31 heavy (non-hydrogen) atoms. The summed E-state index contributed by atoms with van der Waals surface area (Å²) in [6.07, 6.45) is 6.06. The molecule has 3 heterocycles. The van der Waals surface area contributed by atoms with Gasteiger partial charge in [-0.15, -0.1) is 0 Å². The van der Waals surface area contributed by atoms with Gasteiger partial charge in [-0.1, -0.05) is 30.3 Å². The van der Waals surface area contributed by atoms with Gasteiger partial charge in [0.2, 0.25) is 0 Å². The van der Waals surface area contributed by atoms with Gasteiger partial charge in [0, 0.05) is 56.2 Å². The molecule has 1 aliphatic rings. The zero-order chi connectivity index (χ0) is 21.8. The maximum atomic E-state index is 12.9. The molecule has 160 valence electrons. The second-order valence-electron chi connectivity index (χ2n) is 7.61. The number of anilines is 1. The van der Waals surface area contributed by atoms with Gasteiger partial charge in [-0.3, -0.25) is 9.48 Å². The minimum absolute atomic E-state index is 0.00887. The lowest BCUT2D eigenvalue weighted by Gasteiger charge is -2.21. The van der Waals surface area contributed by atoms with Crippen LogP contribution in [0.2, 0.25) is 0 Å². The number of benzene rings is 1. The first kappa shape index (κ1) is 20.8. The summed E-state index contributed by atoms with van der Waals surface area (Å²) in [4.78, 5) is 19.2. The van der Waals surface area contributed by atoms with Crippen LogP contribution in [0.1, 0.15) is 22.3 Å². The number of pyridine rings is 1. The van der Waals surface area contributed by atoms with E-state index in [4.69, 9.17) is 18.0 Å². The Morgan fingerprint density at radius 3 is 2.81 bits per heavy atom. The Kier molecular flexibility index (Phi) is 6.13. The molecule has 1 amide bonds. The van der Waals surface area contributed by atoms with Gasteiger partial charge < -0.3 is 21.3 Å². The molecule has 0 spiro atoms. The van der Waals surface area contributed by atoms with Crippen molar-refractivity contribution in [3.05, 3.63) is 66.1 Å². The molecule has 0 unspecified atom stereocenters. The number of hydrogen-bond acceptors (Lipinski definition) is 5. The number of rotatable bonds is 5. The molecule has 4 rings (SSSR count). The number of likely N-dealkylation sites (tertiary alicyclic amines) is 1. The fourth-order valence-electron chi connectivity index (χ4n) is 3.60. The van der Waals surface area contributed by atoms with Gasteiger partial charge in [0.25, 0.3) is 5.91 Å². The second-order valence-corrected chi connectivity index (χ2v) is 8.00. The monoisotopic (exact) mass is 435 g/mol. The Bertz CT molecular complexity index is 1080. The predicted molar refractivity (Wildman–Crippen MR) is 124 cm³/mol. The summed E-state index contributed by atoms with van der Waals surface area (Å²) in [7, 11) is 1.84. The molecule has 0 saturated carbocycles. The van der Waals surface area contributed by atoms with E-state index in [2.05, 4.69) is 37.7 Å². The first-order chi connectivity index (χ1) is 15.0. The molecule has 9 heteroatoms. The molecule has 1 fully saturated rings. The molecule has 0 radical (unpaired) electrons. The van der Waals surface area contributed by atoms with Gasteiger partial charge in [0.05, 0.1) is 11.8 Å². The number of nitrogens with two attached hydrogens (primary N) is 1. The first-order valence-electron chi connectivity index (χ1n) is 10.1. The normalized spacial score (nSPS) is 15.6. The van der Waals surface area contributed by atoms with Gasteiger partial charge in [-0.25, -0.2) is 4.98 Å². The first-order valence-corrected chi connectivity index (χ1v) is 10.5. The Morgan fingerprint density at radius 2 is 2.06 bits per heavy atom. The quantitative estimate of drug-likeness (QED) is 0.527. The van der Waals surface area contributed by atoms with E-state index < -0.39 is 0 Å². The van der Waals surface area contributed by atoms with Crippen LogP contribution in [0.15, 0.2) is 55.0 Å². The highest BCUT2D eigenvalue weighted by Gasteiger charge is 2.26. The molecule has 4 N–H and O–H groups in total. The number of carbonyl (C=O) groups is 1. The number of amides is 1. The van der Waals surface area contributed by atoms with Gasteiger partial charge in [-0.05, 0) is 30.3 Å². The largest absolute Gasteiger partial charge is 0.383 e. The third-order valence-electron chi connectivity index (χ3n) is 5.30. The molecule has 1 aromatic carbocycles. The fraction of sp³-hybridized carbons (Fsp3) is 0.273. The third kappa shape index (κ3) is 5.00. The van der Waals surface area contributed by atoms with E-state index in [1.54, 1.807) is 23.1 Å². The van der Waals surface area contributed by atoms with E-state index in [0.29, 0.717) is 23.8 Å². The SMILES string of the molecule is Cn1cc(-c2cnc(N)c(C(=O)N[C@@H]3CCN(C(=S)NCc4ccccc4)C3)c2)cn1. The smallest absolute Gasteiger partial charge is 0.255 e. The summed E-state index contributed by atoms with van der Waals surface area (Å²) < 4.78 is 1.70. The summed E-state index contributed by atoms with van der Waals surface area (Å²) in [5.41, 5.74) is 9.20. The van der Waals surface area contributed by atoms with Gasteiger partial charge in [0.1, 0.15) is 5.82 Å². The lowest BCUT2D eigenvalue weighted by atomic mass is 10.1. The van der Waals surface area contributed by atoms with Crippen molar-refractivity contribution in [1.82, 2.24) is 30.3 Å². The van der Waals surface area contributed by atoms with Crippen LogP contribution in [0.3, 0.4) is 0 Å². The van der Waals surface area contributed by atoms with Crippen molar-refractivity contribution in [2.45, 2.75) is 19.0 Å². The van der Waals surface area contributed by atoms with Crippen molar-refractivity contribution in [3.8, 4) is 11.1 Å². The van der Waals surface area contributed by atoms with Crippen LogP contribution in [0, 0.1) is 0 Å². The summed E-state index contributed by atoms with van der Waals surface area (Å²) in [6, 6.07) is 11.9. The summed E-state index contributed by atoms with van der Waals surface area (Å²) in [5, 5.41) is 11.2. The number of nitrogen functional groups attached to an aromatic ring is 1. The van der Waals surface area contributed by atoms with Crippen LogP contribution in [0.25, 0.3) is 11.1 Å². The molecule has 1 atom stereocenters. The van der Waals surface area contributed by atoms with Crippen LogP contribution < -0.4 is 16.4 Å². The molecule has 1 aliphatic heterocycles. The molecular formula is C22H25N7OS. The molecule has 1 saturated heterocycles. The van der Waals surface area contributed by atoms with E-state index in [0.717, 1.165) is 24.1 Å². The molecule has 0 bridgehead atoms. The van der Waals surface area contributed by atoms with E-state index in [9.17, 15) is 4.79 Å². The molecule has 2 aromatic heterocycles. The minimum atomic E-state index is -0.231.